The summed E-state index contributed by atoms with van der Waals surface area (Å²) in [7, 11) is 1.76. The molecule has 6 heteroatoms. The highest BCUT2D eigenvalue weighted by atomic mass is 16.1. The van der Waals surface area contributed by atoms with E-state index in [0.29, 0.717) is 28.2 Å². The largest absolute Gasteiger partial charge is 0.399 e. The summed E-state index contributed by atoms with van der Waals surface area (Å²) < 4.78 is 1.61. The molecule has 0 aliphatic heterocycles. The number of ketones is 1. The van der Waals surface area contributed by atoms with Gasteiger partial charge < -0.3 is 11.1 Å². The van der Waals surface area contributed by atoms with Crippen molar-refractivity contribution in [1.29, 1.82) is 0 Å². The van der Waals surface area contributed by atoms with E-state index in [9.17, 15) is 9.59 Å². The first kappa shape index (κ1) is 19.1. The van der Waals surface area contributed by atoms with Crippen LogP contribution in [0.5, 0.6) is 0 Å². The number of carbonyl (C=O) groups is 2. The van der Waals surface area contributed by atoms with E-state index in [4.69, 9.17) is 5.73 Å². The summed E-state index contributed by atoms with van der Waals surface area (Å²) in [6.07, 6.45) is 0. The molecule has 0 bridgehead atoms. The van der Waals surface area contributed by atoms with Gasteiger partial charge in [0, 0.05) is 41.1 Å². The van der Waals surface area contributed by atoms with Crippen molar-refractivity contribution in [2.75, 3.05) is 11.1 Å². The topological polar surface area (TPSA) is 90.0 Å². The Balaban J connectivity index is 1.49. The smallest absolute Gasteiger partial charge is 0.256 e. The number of hydrogen-bond donors (Lipinski definition) is 2. The summed E-state index contributed by atoms with van der Waals surface area (Å²) >= 11 is 0. The van der Waals surface area contributed by atoms with Crippen LogP contribution in [0.3, 0.4) is 0 Å². The van der Waals surface area contributed by atoms with Crippen LogP contribution in [0.1, 0.15) is 26.3 Å². The molecule has 30 heavy (non-hydrogen) atoms. The Morgan fingerprint density at radius 3 is 2.10 bits per heavy atom. The van der Waals surface area contributed by atoms with Gasteiger partial charge in [0.05, 0.1) is 5.69 Å². The number of benzene rings is 3. The molecule has 0 aliphatic rings. The number of nitrogen functional groups attached to an aromatic ring is 1. The van der Waals surface area contributed by atoms with Gasteiger partial charge in [-0.1, -0.05) is 54.6 Å². The van der Waals surface area contributed by atoms with E-state index in [1.165, 1.54) is 0 Å². The van der Waals surface area contributed by atoms with Crippen LogP contribution in [-0.4, -0.2) is 21.5 Å². The number of carbonyl (C=O) groups excluding carboxylic acids is 2. The van der Waals surface area contributed by atoms with Gasteiger partial charge in [0.1, 0.15) is 5.82 Å². The number of hydrogen-bond acceptors (Lipinski definition) is 4. The second kappa shape index (κ2) is 8.05. The molecular formula is C24H20N4O2. The highest BCUT2D eigenvalue weighted by molar-refractivity contribution is 6.10. The Labute approximate surface area is 174 Å². The van der Waals surface area contributed by atoms with Crippen LogP contribution in [0.2, 0.25) is 0 Å². The lowest BCUT2D eigenvalue weighted by atomic mass is 10.0. The summed E-state index contributed by atoms with van der Waals surface area (Å²) in [5.74, 6) is 0.208. The van der Waals surface area contributed by atoms with Gasteiger partial charge in [-0.25, -0.2) is 0 Å². The summed E-state index contributed by atoms with van der Waals surface area (Å²) in [6, 6.07) is 24.8. The minimum Gasteiger partial charge on any atom is -0.399 e. The Bertz CT molecular complexity index is 1190. The van der Waals surface area contributed by atoms with Crippen molar-refractivity contribution in [3.63, 3.8) is 0 Å². The lowest BCUT2D eigenvalue weighted by Gasteiger charge is -2.06. The van der Waals surface area contributed by atoms with Gasteiger partial charge >= 0.3 is 0 Å². The lowest BCUT2D eigenvalue weighted by Crippen LogP contribution is -2.14. The maximum absolute atomic E-state index is 12.7. The van der Waals surface area contributed by atoms with Crippen molar-refractivity contribution in [2.24, 2.45) is 7.05 Å². The minimum atomic E-state index is -0.277. The zero-order valence-electron chi connectivity index (χ0n) is 16.4. The van der Waals surface area contributed by atoms with Crippen molar-refractivity contribution in [2.45, 2.75) is 0 Å². The third-order valence-corrected chi connectivity index (χ3v) is 4.77. The quantitative estimate of drug-likeness (QED) is 0.392. The number of aromatic nitrogens is 2. The maximum atomic E-state index is 12.7. The fourth-order valence-electron chi connectivity index (χ4n) is 3.10. The predicted molar refractivity (Wildman–Crippen MR) is 117 cm³/mol. The molecule has 0 unspecified atom stereocenters. The summed E-state index contributed by atoms with van der Waals surface area (Å²) in [5, 5.41) is 7.30. The number of rotatable bonds is 5. The van der Waals surface area contributed by atoms with Crippen molar-refractivity contribution in [3.05, 3.63) is 102 Å². The van der Waals surface area contributed by atoms with Crippen molar-refractivity contribution < 1.29 is 9.59 Å². The molecule has 3 aromatic carbocycles. The first-order chi connectivity index (χ1) is 14.5. The van der Waals surface area contributed by atoms with Crippen LogP contribution in [0.25, 0.3) is 11.3 Å². The van der Waals surface area contributed by atoms with Crippen LogP contribution in [-0.2, 0) is 7.05 Å². The Morgan fingerprint density at radius 1 is 0.833 bits per heavy atom. The lowest BCUT2D eigenvalue weighted by molar-refractivity contribution is 0.101. The van der Waals surface area contributed by atoms with Gasteiger partial charge in [0.25, 0.3) is 5.91 Å². The molecule has 1 amide bonds. The van der Waals surface area contributed by atoms with Gasteiger partial charge in [-0.2, -0.15) is 5.10 Å². The highest BCUT2D eigenvalue weighted by Gasteiger charge is 2.13. The van der Waals surface area contributed by atoms with E-state index in [0.717, 1.165) is 11.3 Å². The second-order valence-electron chi connectivity index (χ2n) is 6.89. The van der Waals surface area contributed by atoms with E-state index in [1.54, 1.807) is 66.3 Å². The average molecular weight is 396 g/mol. The van der Waals surface area contributed by atoms with Crippen molar-refractivity contribution >= 4 is 23.2 Å². The molecule has 0 spiro atoms. The molecule has 0 aliphatic carbocycles. The van der Waals surface area contributed by atoms with Crippen LogP contribution in [0.15, 0.2) is 84.9 Å². The first-order valence-corrected chi connectivity index (χ1v) is 9.42. The summed E-state index contributed by atoms with van der Waals surface area (Å²) in [6.45, 7) is 0. The molecule has 1 aromatic heterocycles. The monoisotopic (exact) mass is 396 g/mol. The molecule has 4 rings (SSSR count). The van der Waals surface area contributed by atoms with Crippen molar-refractivity contribution in [1.82, 2.24) is 9.78 Å². The standard InChI is InChI=1S/C24H20N4O2/c1-28-22(15-21(27-28)16-11-13-20(25)14-12-16)26-24(30)19-9-7-18(8-10-19)23(29)17-5-3-2-4-6-17/h2-15H,25H2,1H3,(H,26,30). The molecule has 3 N–H and O–H groups in total. The van der Waals surface area contributed by atoms with Crippen LogP contribution in [0, 0.1) is 0 Å². The fraction of sp³-hybridized carbons (Fsp3) is 0.0417. The van der Waals surface area contributed by atoms with Gasteiger partial charge in [-0.05, 0) is 24.3 Å². The number of nitrogens with one attached hydrogen (secondary N) is 1. The van der Waals surface area contributed by atoms with Gasteiger partial charge in [-0.3, -0.25) is 14.3 Å². The average Bonchev–Trinajstić information content (AvgIpc) is 3.14. The molecule has 148 valence electrons. The van der Waals surface area contributed by atoms with Crippen LogP contribution >= 0.6 is 0 Å². The Kier molecular flexibility index (Phi) is 5.13. The Hall–Kier alpha value is -4.19. The normalized spacial score (nSPS) is 10.6. The zero-order valence-corrected chi connectivity index (χ0v) is 16.4. The molecular weight excluding hydrogens is 376 g/mol. The number of anilines is 2. The van der Waals surface area contributed by atoms with Gasteiger partial charge in [0.2, 0.25) is 0 Å². The Morgan fingerprint density at radius 2 is 1.43 bits per heavy atom. The molecule has 4 aromatic rings. The van der Waals surface area contributed by atoms with E-state index in [1.807, 2.05) is 30.3 Å². The number of nitrogens with zero attached hydrogens (tertiary/aromatic N) is 2. The van der Waals surface area contributed by atoms with E-state index in [-0.39, 0.29) is 11.7 Å². The number of aryl methyl sites for hydroxylation is 1. The van der Waals surface area contributed by atoms with E-state index in [2.05, 4.69) is 10.4 Å². The minimum absolute atomic E-state index is 0.0812. The predicted octanol–water partition coefficient (Wildman–Crippen LogP) is 4.15. The molecule has 1 heterocycles. The van der Waals surface area contributed by atoms with Crippen molar-refractivity contribution in [3.8, 4) is 11.3 Å². The number of amides is 1. The van der Waals surface area contributed by atoms with Gasteiger partial charge in [-0.15, -0.1) is 0 Å². The third-order valence-electron chi connectivity index (χ3n) is 4.77. The summed E-state index contributed by atoms with van der Waals surface area (Å²) in [4.78, 5) is 25.2. The zero-order chi connectivity index (χ0) is 21.1. The molecule has 0 atom stereocenters. The number of nitrogens with two attached hydrogens (primary N) is 1. The molecule has 0 saturated heterocycles. The van der Waals surface area contributed by atoms with Crippen LogP contribution in [0.4, 0.5) is 11.5 Å². The fourth-order valence-corrected chi connectivity index (χ4v) is 3.10. The maximum Gasteiger partial charge on any atom is 0.256 e. The van der Waals surface area contributed by atoms with Crippen LogP contribution < -0.4 is 11.1 Å². The van der Waals surface area contributed by atoms with Gasteiger partial charge in [0.15, 0.2) is 5.78 Å². The molecule has 0 radical (unpaired) electrons. The SMILES string of the molecule is Cn1nc(-c2ccc(N)cc2)cc1NC(=O)c1ccc(C(=O)c2ccccc2)cc1. The molecule has 0 saturated carbocycles. The summed E-state index contributed by atoms with van der Waals surface area (Å²) in [5.41, 5.74) is 9.64. The van der Waals surface area contributed by atoms with E-state index < -0.39 is 0 Å². The second-order valence-corrected chi connectivity index (χ2v) is 6.89. The molecule has 0 fully saturated rings. The molecule has 6 nitrogen and oxygen atoms in total. The van der Waals surface area contributed by atoms with E-state index >= 15 is 0 Å². The highest BCUT2D eigenvalue weighted by Crippen LogP contribution is 2.23. The third kappa shape index (κ3) is 3.98. The first-order valence-electron chi connectivity index (χ1n) is 9.42.